The van der Waals surface area contributed by atoms with Gasteiger partial charge in [0.05, 0.1) is 0 Å². The average Bonchev–Trinajstić information content (AvgIpc) is 2.87. The van der Waals surface area contributed by atoms with Crippen molar-refractivity contribution in [1.29, 1.82) is 0 Å². The van der Waals surface area contributed by atoms with Crippen LogP contribution in [0.4, 0.5) is 5.82 Å². The molecular formula is C12H15N3O. The molecule has 0 unspecified atom stereocenters. The van der Waals surface area contributed by atoms with E-state index in [0.29, 0.717) is 24.1 Å². The first kappa shape index (κ1) is 9.63. The summed E-state index contributed by atoms with van der Waals surface area (Å²) >= 11 is 0. The SMILES string of the molecule is Nc1ccc2c(n1)C(=O)N(C1CCCC1)C2. The normalized spacial score (nSPS) is 20.5. The fourth-order valence-electron chi connectivity index (χ4n) is 2.72. The number of amides is 1. The van der Waals surface area contributed by atoms with E-state index in [4.69, 9.17) is 5.73 Å². The van der Waals surface area contributed by atoms with Gasteiger partial charge in [-0.3, -0.25) is 4.79 Å². The summed E-state index contributed by atoms with van der Waals surface area (Å²) in [5.74, 6) is 0.495. The highest BCUT2D eigenvalue weighted by Gasteiger charge is 2.34. The van der Waals surface area contributed by atoms with Crippen molar-refractivity contribution in [1.82, 2.24) is 9.88 Å². The van der Waals surface area contributed by atoms with E-state index in [2.05, 4.69) is 4.98 Å². The van der Waals surface area contributed by atoms with Gasteiger partial charge in [-0.15, -0.1) is 0 Å². The van der Waals surface area contributed by atoms with Crippen LogP contribution in [0.15, 0.2) is 12.1 Å². The number of pyridine rings is 1. The van der Waals surface area contributed by atoms with Gasteiger partial charge in [0.2, 0.25) is 0 Å². The maximum Gasteiger partial charge on any atom is 0.273 e. The monoisotopic (exact) mass is 217 g/mol. The standard InChI is InChI=1S/C12H15N3O/c13-10-6-5-8-7-15(9-3-1-2-4-9)12(16)11(8)14-10/h5-6,9H,1-4,7H2,(H2,13,14). The molecule has 0 bridgehead atoms. The topological polar surface area (TPSA) is 59.2 Å². The van der Waals surface area contributed by atoms with Crippen LogP contribution in [0, 0.1) is 0 Å². The molecular weight excluding hydrogens is 202 g/mol. The molecule has 1 aromatic rings. The molecule has 1 amide bonds. The Morgan fingerprint density at radius 3 is 2.81 bits per heavy atom. The minimum Gasteiger partial charge on any atom is -0.384 e. The van der Waals surface area contributed by atoms with Crippen molar-refractivity contribution < 1.29 is 4.79 Å². The van der Waals surface area contributed by atoms with E-state index in [0.717, 1.165) is 18.4 Å². The molecule has 0 saturated heterocycles. The van der Waals surface area contributed by atoms with Gasteiger partial charge < -0.3 is 10.6 Å². The number of carbonyl (C=O) groups excluding carboxylic acids is 1. The van der Waals surface area contributed by atoms with Gasteiger partial charge in [0.1, 0.15) is 11.5 Å². The molecule has 1 saturated carbocycles. The maximum absolute atomic E-state index is 12.1. The van der Waals surface area contributed by atoms with Crippen LogP contribution in [0.3, 0.4) is 0 Å². The Hall–Kier alpha value is -1.58. The molecule has 16 heavy (non-hydrogen) atoms. The Kier molecular flexibility index (Phi) is 2.09. The van der Waals surface area contributed by atoms with Crippen molar-refractivity contribution >= 4 is 11.7 Å². The number of anilines is 1. The Bertz CT molecular complexity index is 438. The number of nitrogen functional groups attached to an aromatic ring is 1. The van der Waals surface area contributed by atoms with Crippen molar-refractivity contribution in [3.63, 3.8) is 0 Å². The summed E-state index contributed by atoms with van der Waals surface area (Å²) in [4.78, 5) is 18.2. The van der Waals surface area contributed by atoms with E-state index in [1.165, 1.54) is 12.8 Å². The second-order valence-corrected chi connectivity index (χ2v) is 4.62. The summed E-state index contributed by atoms with van der Waals surface area (Å²) in [7, 11) is 0. The van der Waals surface area contributed by atoms with Crippen LogP contribution in [0.1, 0.15) is 41.7 Å². The molecule has 2 N–H and O–H groups in total. The number of carbonyl (C=O) groups is 1. The van der Waals surface area contributed by atoms with Gasteiger partial charge in [-0.2, -0.15) is 0 Å². The third-order valence-electron chi connectivity index (χ3n) is 3.57. The summed E-state index contributed by atoms with van der Waals surface area (Å²) in [6.45, 7) is 0.714. The van der Waals surface area contributed by atoms with Crippen molar-refractivity contribution in [2.75, 3.05) is 5.73 Å². The molecule has 2 aliphatic rings. The number of hydrogen-bond donors (Lipinski definition) is 1. The summed E-state index contributed by atoms with van der Waals surface area (Å²) in [6, 6.07) is 4.11. The maximum atomic E-state index is 12.1. The van der Waals surface area contributed by atoms with Crippen molar-refractivity contribution in [2.45, 2.75) is 38.3 Å². The molecule has 0 aromatic carbocycles. The van der Waals surface area contributed by atoms with E-state index in [1.807, 2.05) is 11.0 Å². The lowest BCUT2D eigenvalue weighted by Gasteiger charge is -2.22. The lowest BCUT2D eigenvalue weighted by molar-refractivity contribution is 0.0703. The number of rotatable bonds is 1. The highest BCUT2D eigenvalue weighted by molar-refractivity contribution is 5.97. The molecule has 1 aromatic heterocycles. The van der Waals surface area contributed by atoms with Gasteiger partial charge in [0.25, 0.3) is 5.91 Å². The van der Waals surface area contributed by atoms with Crippen LogP contribution in [0.2, 0.25) is 0 Å². The van der Waals surface area contributed by atoms with Crippen LogP contribution in [-0.2, 0) is 6.54 Å². The first-order valence-electron chi connectivity index (χ1n) is 5.82. The van der Waals surface area contributed by atoms with Gasteiger partial charge >= 0.3 is 0 Å². The van der Waals surface area contributed by atoms with Crippen LogP contribution in [0.5, 0.6) is 0 Å². The second-order valence-electron chi connectivity index (χ2n) is 4.62. The molecule has 0 atom stereocenters. The zero-order valence-corrected chi connectivity index (χ0v) is 9.15. The van der Waals surface area contributed by atoms with Crippen molar-refractivity contribution in [3.8, 4) is 0 Å². The summed E-state index contributed by atoms with van der Waals surface area (Å²) in [6.07, 6.45) is 4.74. The molecule has 0 radical (unpaired) electrons. The van der Waals surface area contributed by atoms with Crippen LogP contribution in [-0.4, -0.2) is 21.8 Å². The smallest absolute Gasteiger partial charge is 0.273 e. The molecule has 84 valence electrons. The lowest BCUT2D eigenvalue weighted by atomic mass is 10.2. The third-order valence-corrected chi connectivity index (χ3v) is 3.57. The number of fused-ring (bicyclic) bond motifs is 1. The molecule has 3 rings (SSSR count). The minimum atomic E-state index is 0.0641. The first-order valence-corrected chi connectivity index (χ1v) is 5.82. The van der Waals surface area contributed by atoms with Crippen LogP contribution < -0.4 is 5.73 Å². The first-order chi connectivity index (χ1) is 7.75. The quantitative estimate of drug-likeness (QED) is 0.776. The Labute approximate surface area is 94.5 Å². The van der Waals surface area contributed by atoms with Gasteiger partial charge in [0, 0.05) is 18.2 Å². The average molecular weight is 217 g/mol. The number of aromatic nitrogens is 1. The van der Waals surface area contributed by atoms with Crippen molar-refractivity contribution in [3.05, 3.63) is 23.4 Å². The Morgan fingerprint density at radius 1 is 1.31 bits per heavy atom. The second kappa shape index (κ2) is 3.47. The summed E-state index contributed by atoms with van der Waals surface area (Å²) in [5.41, 5.74) is 7.19. The molecule has 4 nitrogen and oxygen atoms in total. The Balaban J connectivity index is 1.91. The zero-order valence-electron chi connectivity index (χ0n) is 9.15. The predicted octanol–water partition coefficient (Wildman–Crippen LogP) is 1.56. The fourth-order valence-corrected chi connectivity index (χ4v) is 2.72. The summed E-state index contributed by atoms with van der Waals surface area (Å²) < 4.78 is 0. The fraction of sp³-hybridized carbons (Fsp3) is 0.500. The van der Waals surface area contributed by atoms with E-state index < -0.39 is 0 Å². The van der Waals surface area contributed by atoms with Gasteiger partial charge in [-0.25, -0.2) is 4.98 Å². The van der Waals surface area contributed by atoms with E-state index in [9.17, 15) is 4.79 Å². The van der Waals surface area contributed by atoms with E-state index in [1.54, 1.807) is 6.07 Å². The number of hydrogen-bond acceptors (Lipinski definition) is 3. The van der Waals surface area contributed by atoms with E-state index in [-0.39, 0.29) is 5.91 Å². The van der Waals surface area contributed by atoms with Crippen LogP contribution >= 0.6 is 0 Å². The molecule has 1 fully saturated rings. The van der Waals surface area contributed by atoms with Gasteiger partial charge in [0.15, 0.2) is 0 Å². The highest BCUT2D eigenvalue weighted by atomic mass is 16.2. The van der Waals surface area contributed by atoms with Gasteiger partial charge in [-0.1, -0.05) is 18.9 Å². The third kappa shape index (κ3) is 1.37. The number of nitrogens with zero attached hydrogens (tertiary/aromatic N) is 2. The molecule has 2 heterocycles. The molecule has 1 aliphatic heterocycles. The predicted molar refractivity (Wildman–Crippen MR) is 60.8 cm³/mol. The number of nitrogens with two attached hydrogens (primary N) is 1. The molecule has 1 aliphatic carbocycles. The molecule has 4 heteroatoms. The lowest BCUT2D eigenvalue weighted by Crippen LogP contribution is -2.33. The minimum absolute atomic E-state index is 0.0641. The highest BCUT2D eigenvalue weighted by Crippen LogP contribution is 2.31. The summed E-state index contributed by atoms with van der Waals surface area (Å²) in [5, 5.41) is 0. The van der Waals surface area contributed by atoms with Gasteiger partial charge in [-0.05, 0) is 18.9 Å². The molecule has 0 spiro atoms. The largest absolute Gasteiger partial charge is 0.384 e. The van der Waals surface area contributed by atoms with E-state index >= 15 is 0 Å². The van der Waals surface area contributed by atoms with Crippen LogP contribution in [0.25, 0.3) is 0 Å². The van der Waals surface area contributed by atoms with Crippen molar-refractivity contribution in [2.24, 2.45) is 0 Å². The Morgan fingerprint density at radius 2 is 2.06 bits per heavy atom. The zero-order chi connectivity index (χ0) is 11.1.